The zero-order valence-corrected chi connectivity index (χ0v) is 16.2. The third-order valence-corrected chi connectivity index (χ3v) is 4.62. The van der Waals surface area contributed by atoms with Crippen LogP contribution in [0.25, 0.3) is 0 Å². The Balaban J connectivity index is 1.59. The summed E-state index contributed by atoms with van der Waals surface area (Å²) in [5, 5.41) is 0. The topological polar surface area (TPSA) is 54.9 Å². The molecule has 6 heteroatoms. The number of benzene rings is 1. The molecule has 1 saturated heterocycles. The molecule has 3 rings (SSSR count). The van der Waals surface area contributed by atoms with Crippen molar-refractivity contribution >= 4 is 11.7 Å². The van der Waals surface area contributed by atoms with E-state index in [1.54, 1.807) is 12.3 Å². The number of hydrogen-bond acceptors (Lipinski definition) is 5. The van der Waals surface area contributed by atoms with Crippen molar-refractivity contribution in [3.63, 3.8) is 0 Å². The second-order valence-electron chi connectivity index (χ2n) is 6.79. The molecule has 0 unspecified atom stereocenters. The maximum Gasteiger partial charge on any atom is 0.254 e. The monoisotopic (exact) mass is 369 g/mol. The number of carbonyl (C=O) groups excluding carboxylic acids is 1. The molecule has 6 nitrogen and oxygen atoms in total. The molecule has 1 fully saturated rings. The van der Waals surface area contributed by atoms with Crippen LogP contribution in [-0.4, -0.2) is 55.7 Å². The summed E-state index contributed by atoms with van der Waals surface area (Å²) >= 11 is 0. The van der Waals surface area contributed by atoms with Crippen molar-refractivity contribution in [2.45, 2.75) is 25.9 Å². The number of carbonyl (C=O) groups is 1. The maximum atomic E-state index is 12.8. The lowest BCUT2D eigenvalue weighted by Crippen LogP contribution is -2.41. The molecule has 0 saturated carbocycles. The smallest absolute Gasteiger partial charge is 0.254 e. The number of hydrogen-bond donors (Lipinski definition) is 0. The van der Waals surface area contributed by atoms with Gasteiger partial charge in [0.1, 0.15) is 11.9 Å². The van der Waals surface area contributed by atoms with E-state index in [9.17, 15) is 4.79 Å². The van der Waals surface area contributed by atoms with E-state index >= 15 is 0 Å². The summed E-state index contributed by atoms with van der Waals surface area (Å²) in [7, 11) is 3.83. The molecular formula is C21H27N3O3. The highest BCUT2D eigenvalue weighted by molar-refractivity contribution is 5.94. The average molecular weight is 369 g/mol. The van der Waals surface area contributed by atoms with Crippen LogP contribution in [0.4, 0.5) is 5.82 Å². The molecule has 1 amide bonds. The largest absolute Gasteiger partial charge is 0.490 e. The lowest BCUT2D eigenvalue weighted by molar-refractivity contribution is 0.0589. The summed E-state index contributed by atoms with van der Waals surface area (Å²) in [6, 6.07) is 11.4. The van der Waals surface area contributed by atoms with Crippen LogP contribution in [-0.2, 0) is 0 Å². The van der Waals surface area contributed by atoms with E-state index < -0.39 is 0 Å². The van der Waals surface area contributed by atoms with Crippen molar-refractivity contribution < 1.29 is 14.3 Å². The van der Waals surface area contributed by atoms with Crippen LogP contribution < -0.4 is 14.4 Å². The summed E-state index contributed by atoms with van der Waals surface area (Å²) in [5.41, 5.74) is 0.676. The van der Waals surface area contributed by atoms with E-state index in [0.29, 0.717) is 25.3 Å². The van der Waals surface area contributed by atoms with Crippen LogP contribution in [0.15, 0.2) is 42.6 Å². The van der Waals surface area contributed by atoms with Crippen LogP contribution in [0.1, 0.15) is 30.1 Å². The number of nitrogens with zero attached hydrogens (tertiary/aromatic N) is 3. The van der Waals surface area contributed by atoms with Crippen LogP contribution in [0, 0.1) is 0 Å². The molecule has 1 aromatic carbocycles. The molecule has 1 aromatic heterocycles. The first-order valence-electron chi connectivity index (χ1n) is 9.39. The van der Waals surface area contributed by atoms with Crippen LogP contribution >= 0.6 is 0 Å². The van der Waals surface area contributed by atoms with E-state index in [-0.39, 0.29) is 12.0 Å². The highest BCUT2D eigenvalue weighted by Crippen LogP contribution is 2.29. The van der Waals surface area contributed by atoms with Crippen LogP contribution in [0.3, 0.4) is 0 Å². The maximum absolute atomic E-state index is 12.8. The minimum absolute atomic E-state index is 0.0497. The van der Waals surface area contributed by atoms with Crippen molar-refractivity contribution in [2.75, 3.05) is 38.7 Å². The van der Waals surface area contributed by atoms with Gasteiger partial charge >= 0.3 is 0 Å². The molecule has 0 N–H and O–H groups in total. The summed E-state index contributed by atoms with van der Waals surface area (Å²) in [6.45, 7) is 3.93. The van der Waals surface area contributed by atoms with Gasteiger partial charge in [-0.2, -0.15) is 0 Å². The number of aromatic nitrogens is 1. The zero-order valence-electron chi connectivity index (χ0n) is 16.2. The number of pyridine rings is 1. The van der Waals surface area contributed by atoms with Crippen molar-refractivity contribution in [3.05, 3.63) is 48.2 Å². The van der Waals surface area contributed by atoms with Gasteiger partial charge in [0.2, 0.25) is 0 Å². The van der Waals surface area contributed by atoms with Gasteiger partial charge in [-0.05, 0) is 31.2 Å². The SMILES string of the molecule is CCOc1ccccc1OC1CCN(C(=O)c2ccnc(N(C)C)c2)CC1. The molecule has 0 bridgehead atoms. The van der Waals surface area contributed by atoms with Crippen LogP contribution in [0.2, 0.25) is 0 Å². The number of likely N-dealkylation sites (tertiary alicyclic amines) is 1. The number of amides is 1. The van der Waals surface area contributed by atoms with Gasteiger partial charge in [-0.15, -0.1) is 0 Å². The number of rotatable bonds is 6. The van der Waals surface area contributed by atoms with Gasteiger partial charge in [0, 0.05) is 51.8 Å². The fraction of sp³-hybridized carbons (Fsp3) is 0.429. The summed E-state index contributed by atoms with van der Waals surface area (Å²) in [5.74, 6) is 2.38. The normalized spacial score (nSPS) is 14.7. The number of ether oxygens (including phenoxy) is 2. The van der Waals surface area contributed by atoms with Gasteiger partial charge in [-0.1, -0.05) is 12.1 Å². The molecule has 144 valence electrons. The Morgan fingerprint density at radius 3 is 2.56 bits per heavy atom. The highest BCUT2D eigenvalue weighted by Gasteiger charge is 2.25. The van der Waals surface area contributed by atoms with Gasteiger partial charge in [0.15, 0.2) is 11.5 Å². The quantitative estimate of drug-likeness (QED) is 0.782. The molecule has 27 heavy (non-hydrogen) atoms. The molecule has 1 aliphatic heterocycles. The standard InChI is InChI=1S/C21H27N3O3/c1-4-26-18-7-5-6-8-19(18)27-17-10-13-24(14-11-17)21(25)16-9-12-22-20(15-16)23(2)3/h5-9,12,15,17H,4,10-11,13-14H2,1-3H3. The van der Waals surface area contributed by atoms with E-state index in [1.165, 1.54) is 0 Å². The number of anilines is 1. The second-order valence-corrected chi connectivity index (χ2v) is 6.79. The van der Waals surface area contributed by atoms with E-state index in [4.69, 9.17) is 9.47 Å². The minimum atomic E-state index is 0.0497. The van der Waals surface area contributed by atoms with Gasteiger partial charge < -0.3 is 19.3 Å². The minimum Gasteiger partial charge on any atom is -0.490 e. The van der Waals surface area contributed by atoms with Crippen molar-refractivity contribution in [1.29, 1.82) is 0 Å². The predicted octanol–water partition coefficient (Wildman–Crippen LogP) is 3.23. The summed E-state index contributed by atoms with van der Waals surface area (Å²) < 4.78 is 11.8. The third-order valence-electron chi connectivity index (χ3n) is 4.62. The van der Waals surface area contributed by atoms with Crippen molar-refractivity contribution in [2.24, 2.45) is 0 Å². The Morgan fingerprint density at radius 1 is 1.19 bits per heavy atom. The number of para-hydroxylation sites is 2. The van der Waals surface area contributed by atoms with E-state index in [2.05, 4.69) is 4.98 Å². The molecule has 0 aliphatic carbocycles. The Bertz CT molecular complexity index is 771. The van der Waals surface area contributed by atoms with Gasteiger partial charge in [-0.25, -0.2) is 4.98 Å². The number of piperidine rings is 1. The fourth-order valence-corrected chi connectivity index (χ4v) is 3.16. The van der Waals surface area contributed by atoms with Gasteiger partial charge in [-0.3, -0.25) is 4.79 Å². The molecule has 2 aromatic rings. The Morgan fingerprint density at radius 2 is 1.89 bits per heavy atom. The second kappa shape index (κ2) is 8.75. The van der Waals surface area contributed by atoms with Crippen molar-refractivity contribution in [3.8, 4) is 11.5 Å². The first-order chi connectivity index (χ1) is 13.1. The fourth-order valence-electron chi connectivity index (χ4n) is 3.16. The molecule has 0 atom stereocenters. The van der Waals surface area contributed by atoms with Gasteiger partial charge in [0.25, 0.3) is 5.91 Å². The van der Waals surface area contributed by atoms with Crippen LogP contribution in [0.5, 0.6) is 11.5 Å². The van der Waals surface area contributed by atoms with Crippen molar-refractivity contribution in [1.82, 2.24) is 9.88 Å². The predicted molar refractivity (Wildman–Crippen MR) is 106 cm³/mol. The van der Waals surface area contributed by atoms with E-state index in [1.807, 2.05) is 61.2 Å². The highest BCUT2D eigenvalue weighted by atomic mass is 16.5. The first-order valence-corrected chi connectivity index (χ1v) is 9.39. The zero-order chi connectivity index (χ0) is 19.2. The lowest BCUT2D eigenvalue weighted by atomic mass is 10.1. The lowest BCUT2D eigenvalue weighted by Gasteiger charge is -2.32. The molecule has 0 radical (unpaired) electrons. The summed E-state index contributed by atoms with van der Waals surface area (Å²) in [6.07, 6.45) is 3.38. The molecule has 0 spiro atoms. The molecule has 2 heterocycles. The third kappa shape index (κ3) is 4.70. The molecular weight excluding hydrogens is 342 g/mol. The van der Waals surface area contributed by atoms with E-state index in [0.717, 1.165) is 30.2 Å². The summed E-state index contributed by atoms with van der Waals surface area (Å²) in [4.78, 5) is 20.9. The van der Waals surface area contributed by atoms with Gasteiger partial charge in [0.05, 0.1) is 6.61 Å². The Kier molecular flexibility index (Phi) is 6.16. The Hall–Kier alpha value is -2.76. The average Bonchev–Trinajstić information content (AvgIpc) is 2.70. The Labute approximate surface area is 160 Å². The first kappa shape index (κ1) is 19.0. The molecule has 1 aliphatic rings.